The van der Waals surface area contributed by atoms with Gasteiger partial charge in [-0.25, -0.2) is 0 Å². The first-order chi connectivity index (χ1) is 21.9. The summed E-state index contributed by atoms with van der Waals surface area (Å²) in [6.45, 7) is 3.82. The number of benzene rings is 2. The minimum atomic E-state index is -0.163. The van der Waals surface area contributed by atoms with Crippen molar-refractivity contribution in [2.75, 3.05) is 38.6 Å². The van der Waals surface area contributed by atoms with Crippen molar-refractivity contribution in [2.45, 2.75) is 57.2 Å². The highest BCUT2D eigenvalue weighted by atomic mass is 16.5. The molecule has 2 aliphatic heterocycles. The maximum atomic E-state index is 13.1. The first-order valence-electron chi connectivity index (χ1n) is 15.9. The predicted molar refractivity (Wildman–Crippen MR) is 170 cm³/mol. The molecule has 1 saturated carbocycles. The van der Waals surface area contributed by atoms with Crippen molar-refractivity contribution in [2.24, 2.45) is 5.92 Å². The second-order valence-corrected chi connectivity index (χ2v) is 12.2. The Labute approximate surface area is 264 Å². The lowest BCUT2D eigenvalue weighted by Gasteiger charge is -2.32. The van der Waals surface area contributed by atoms with E-state index in [0.717, 1.165) is 56.8 Å². The van der Waals surface area contributed by atoms with Crippen LogP contribution in [0.4, 0.5) is 5.69 Å². The van der Waals surface area contributed by atoms with E-state index < -0.39 is 0 Å². The molecule has 3 heterocycles. The van der Waals surface area contributed by atoms with Crippen molar-refractivity contribution in [3.63, 3.8) is 0 Å². The largest absolute Gasteiger partial charge is 0.497 e. The highest BCUT2D eigenvalue weighted by Crippen LogP contribution is 2.31. The molecule has 1 aromatic heterocycles. The Morgan fingerprint density at radius 1 is 0.867 bits per heavy atom. The number of likely N-dealkylation sites (tertiary alicyclic amines) is 2. The molecule has 0 bridgehead atoms. The summed E-state index contributed by atoms with van der Waals surface area (Å²) in [5.74, 6) is 1.47. The highest BCUT2D eigenvalue weighted by Gasteiger charge is 2.30. The van der Waals surface area contributed by atoms with E-state index in [0.29, 0.717) is 42.9 Å². The molecule has 2 N–H and O–H groups in total. The van der Waals surface area contributed by atoms with Crippen LogP contribution in [0.3, 0.4) is 0 Å². The molecule has 1 aliphatic carbocycles. The zero-order chi connectivity index (χ0) is 31.2. The number of rotatable bonds is 10. The van der Waals surface area contributed by atoms with Crippen molar-refractivity contribution < 1.29 is 23.9 Å². The van der Waals surface area contributed by atoms with Crippen LogP contribution >= 0.6 is 0 Å². The second kappa shape index (κ2) is 14.1. The molecule has 2 aromatic carbocycles. The summed E-state index contributed by atoms with van der Waals surface area (Å²) in [4.78, 5) is 46.7. The van der Waals surface area contributed by atoms with Crippen molar-refractivity contribution in [3.05, 3.63) is 83.7 Å². The minimum Gasteiger partial charge on any atom is -0.497 e. The van der Waals surface area contributed by atoms with Gasteiger partial charge in [0, 0.05) is 75.5 Å². The number of nitrogens with zero attached hydrogens (tertiary/aromatic N) is 3. The molecule has 6 rings (SSSR count). The SMILES string of the molecule is COc1ccc(CN2CCC(NC(=O)c3ccc(C(=O)N4CCC(Oc5cccc(NC(=O)C6CC6)c5)CC4)nc3)CC2)cc1. The molecule has 3 fully saturated rings. The van der Waals surface area contributed by atoms with Crippen LogP contribution in [0.15, 0.2) is 66.9 Å². The monoisotopic (exact) mass is 611 g/mol. The summed E-state index contributed by atoms with van der Waals surface area (Å²) in [6, 6.07) is 19.0. The summed E-state index contributed by atoms with van der Waals surface area (Å²) in [7, 11) is 1.67. The zero-order valence-electron chi connectivity index (χ0n) is 25.7. The molecule has 10 heteroatoms. The summed E-state index contributed by atoms with van der Waals surface area (Å²) < 4.78 is 11.4. The maximum absolute atomic E-state index is 13.1. The van der Waals surface area contributed by atoms with Crippen LogP contribution in [-0.2, 0) is 11.3 Å². The van der Waals surface area contributed by atoms with Crippen LogP contribution in [0.25, 0.3) is 0 Å². The quantitative estimate of drug-likeness (QED) is 0.347. The number of hydrogen-bond donors (Lipinski definition) is 2. The Hall–Kier alpha value is -4.44. The molecule has 2 saturated heterocycles. The van der Waals surface area contributed by atoms with E-state index in [2.05, 4.69) is 32.7 Å². The molecule has 236 valence electrons. The van der Waals surface area contributed by atoms with Crippen LogP contribution in [0.2, 0.25) is 0 Å². The van der Waals surface area contributed by atoms with Crippen LogP contribution in [-0.4, -0.2) is 77.9 Å². The number of amides is 3. The number of anilines is 1. The fraction of sp³-hybridized carbons (Fsp3) is 0.429. The number of methoxy groups -OCH3 is 1. The van der Waals surface area contributed by atoms with E-state index in [4.69, 9.17) is 9.47 Å². The average Bonchev–Trinajstić information content (AvgIpc) is 3.93. The third-order valence-electron chi connectivity index (χ3n) is 8.81. The Balaban J connectivity index is 0.924. The summed E-state index contributed by atoms with van der Waals surface area (Å²) in [5, 5.41) is 6.10. The highest BCUT2D eigenvalue weighted by molar-refractivity contribution is 5.96. The Morgan fingerprint density at radius 3 is 2.29 bits per heavy atom. The molecular formula is C35H41N5O5. The van der Waals surface area contributed by atoms with Crippen LogP contribution in [0.5, 0.6) is 11.5 Å². The van der Waals surface area contributed by atoms with Crippen molar-refractivity contribution in [1.82, 2.24) is 20.1 Å². The van der Waals surface area contributed by atoms with Gasteiger partial charge in [-0.05, 0) is 67.6 Å². The third-order valence-corrected chi connectivity index (χ3v) is 8.81. The van der Waals surface area contributed by atoms with Crippen molar-refractivity contribution >= 4 is 23.4 Å². The Morgan fingerprint density at radius 2 is 1.62 bits per heavy atom. The molecule has 0 unspecified atom stereocenters. The van der Waals surface area contributed by atoms with Crippen LogP contribution in [0, 0.1) is 5.92 Å². The topological polar surface area (TPSA) is 113 Å². The van der Waals surface area contributed by atoms with Gasteiger partial charge in [0.25, 0.3) is 11.8 Å². The molecule has 0 atom stereocenters. The summed E-state index contributed by atoms with van der Waals surface area (Å²) >= 11 is 0. The van der Waals surface area contributed by atoms with Gasteiger partial charge in [-0.15, -0.1) is 0 Å². The Bertz CT molecular complexity index is 1480. The molecule has 10 nitrogen and oxygen atoms in total. The van der Waals surface area contributed by atoms with E-state index in [1.807, 2.05) is 36.4 Å². The normalized spacial score (nSPS) is 17.8. The predicted octanol–water partition coefficient (Wildman–Crippen LogP) is 4.52. The van der Waals surface area contributed by atoms with Gasteiger partial charge < -0.3 is 25.0 Å². The Kier molecular flexibility index (Phi) is 9.59. The van der Waals surface area contributed by atoms with E-state index in [9.17, 15) is 14.4 Å². The first-order valence-corrected chi connectivity index (χ1v) is 15.9. The lowest BCUT2D eigenvalue weighted by molar-refractivity contribution is -0.117. The van der Waals surface area contributed by atoms with Gasteiger partial charge >= 0.3 is 0 Å². The fourth-order valence-corrected chi connectivity index (χ4v) is 5.92. The number of ether oxygens (including phenoxy) is 2. The number of pyridine rings is 1. The lowest BCUT2D eigenvalue weighted by atomic mass is 10.0. The molecule has 3 aromatic rings. The van der Waals surface area contributed by atoms with Gasteiger partial charge in [0.05, 0.1) is 12.7 Å². The smallest absolute Gasteiger partial charge is 0.272 e. The van der Waals surface area contributed by atoms with Gasteiger partial charge in [-0.2, -0.15) is 0 Å². The molecule has 0 spiro atoms. The molecule has 45 heavy (non-hydrogen) atoms. The van der Waals surface area contributed by atoms with Gasteiger partial charge in [-0.3, -0.25) is 24.3 Å². The van der Waals surface area contributed by atoms with Crippen LogP contribution in [0.1, 0.15) is 64.9 Å². The van der Waals surface area contributed by atoms with E-state index >= 15 is 0 Å². The minimum absolute atomic E-state index is 0.0169. The number of carbonyl (C=O) groups excluding carboxylic acids is 3. The second-order valence-electron chi connectivity index (χ2n) is 12.2. The van der Waals surface area contributed by atoms with Gasteiger partial charge in [0.15, 0.2) is 0 Å². The standard InChI is InChI=1S/C35H41N5O5/c1-44-29-10-5-24(6-11-29)23-39-17-13-27(14-18-39)37-34(42)26-9-12-32(36-22-26)35(43)40-19-15-30(16-20-40)45-31-4-2-3-28(21-31)38-33(41)25-7-8-25/h2-6,9-12,21-22,25,27,30H,7-8,13-20,23H2,1H3,(H,37,42)(H,38,41). The van der Waals surface area contributed by atoms with E-state index in [-0.39, 0.29) is 35.8 Å². The van der Waals surface area contributed by atoms with E-state index in [1.165, 1.54) is 11.8 Å². The number of nitrogens with one attached hydrogen (secondary N) is 2. The zero-order valence-corrected chi connectivity index (χ0v) is 25.7. The van der Waals surface area contributed by atoms with E-state index in [1.54, 1.807) is 24.1 Å². The van der Waals surface area contributed by atoms with Crippen LogP contribution < -0.4 is 20.1 Å². The molecular weight excluding hydrogens is 570 g/mol. The number of hydrogen-bond acceptors (Lipinski definition) is 7. The first kappa shape index (κ1) is 30.6. The molecule has 3 aliphatic rings. The summed E-state index contributed by atoms with van der Waals surface area (Å²) in [5.41, 5.74) is 2.77. The lowest BCUT2D eigenvalue weighted by Crippen LogP contribution is -2.44. The maximum Gasteiger partial charge on any atom is 0.272 e. The average molecular weight is 612 g/mol. The van der Waals surface area contributed by atoms with Gasteiger partial charge in [-0.1, -0.05) is 18.2 Å². The van der Waals surface area contributed by atoms with Crippen molar-refractivity contribution in [3.8, 4) is 11.5 Å². The third kappa shape index (κ3) is 8.19. The fourth-order valence-electron chi connectivity index (χ4n) is 5.92. The number of carbonyl (C=O) groups is 3. The molecule has 0 radical (unpaired) electrons. The van der Waals surface area contributed by atoms with Crippen molar-refractivity contribution in [1.29, 1.82) is 0 Å². The summed E-state index contributed by atoms with van der Waals surface area (Å²) in [6.07, 6.45) is 6.56. The van der Waals surface area contributed by atoms with Gasteiger partial charge in [0.1, 0.15) is 23.3 Å². The van der Waals surface area contributed by atoms with Gasteiger partial charge in [0.2, 0.25) is 5.91 Å². The number of aromatic nitrogens is 1. The molecule has 3 amide bonds. The number of piperidine rings is 2.